The molecule has 0 radical (unpaired) electrons. The number of pyridine rings is 2. The Kier molecular flexibility index (Phi) is 4.15. The summed E-state index contributed by atoms with van der Waals surface area (Å²) in [6.07, 6.45) is 3.60. The van der Waals surface area contributed by atoms with Crippen molar-refractivity contribution in [2.45, 2.75) is 0 Å². The van der Waals surface area contributed by atoms with Gasteiger partial charge in [-0.05, 0) is 40.5 Å². The first-order valence-corrected chi connectivity index (χ1v) is 8.25. The summed E-state index contributed by atoms with van der Waals surface area (Å²) in [5.74, 6) is -0.441. The van der Waals surface area contributed by atoms with Gasteiger partial charge >= 0.3 is 5.97 Å². The lowest BCUT2D eigenvalue weighted by atomic mass is 9.97. The molecule has 4 nitrogen and oxygen atoms in total. The summed E-state index contributed by atoms with van der Waals surface area (Å²) in [5, 5.41) is 0.995. The number of ether oxygens (including phenoxy) is 1. The summed E-state index contributed by atoms with van der Waals surface area (Å²) >= 11 is 0. The molecule has 2 heterocycles. The van der Waals surface area contributed by atoms with Crippen molar-refractivity contribution in [2.75, 3.05) is 7.11 Å². The van der Waals surface area contributed by atoms with Crippen molar-refractivity contribution in [1.29, 1.82) is 0 Å². The number of carbonyl (C=O) groups is 1. The topological polar surface area (TPSA) is 52.1 Å². The van der Waals surface area contributed by atoms with Crippen molar-refractivity contribution in [2.24, 2.45) is 0 Å². The summed E-state index contributed by atoms with van der Waals surface area (Å²) in [5.41, 5.74) is 5.19. The number of methoxy groups -OCH3 is 1. The standard InChI is InChI=1S/C22H16N2O2/c1-26-22(25)21-13-19(18-6-2-3-7-20(18)24-21)16-10-8-15(9-11-16)17-5-4-12-23-14-17/h2-14H,1H3. The Labute approximate surface area is 151 Å². The monoisotopic (exact) mass is 340 g/mol. The molecule has 0 saturated carbocycles. The van der Waals surface area contributed by atoms with Gasteiger partial charge in [-0.25, -0.2) is 9.78 Å². The van der Waals surface area contributed by atoms with Crippen LogP contribution in [0.5, 0.6) is 0 Å². The lowest BCUT2D eigenvalue weighted by Gasteiger charge is -2.10. The SMILES string of the molecule is COC(=O)c1cc(-c2ccc(-c3cccnc3)cc2)c2ccccc2n1. The Balaban J connectivity index is 1.84. The molecule has 0 aliphatic rings. The number of hydrogen-bond acceptors (Lipinski definition) is 4. The number of nitrogens with zero attached hydrogens (tertiary/aromatic N) is 2. The number of para-hydroxylation sites is 1. The van der Waals surface area contributed by atoms with E-state index in [1.807, 2.05) is 54.7 Å². The highest BCUT2D eigenvalue weighted by Crippen LogP contribution is 2.30. The second kappa shape index (κ2) is 6.76. The van der Waals surface area contributed by atoms with Gasteiger partial charge in [-0.1, -0.05) is 48.5 Å². The second-order valence-corrected chi connectivity index (χ2v) is 5.88. The molecule has 0 atom stereocenters. The maximum atomic E-state index is 12.0. The number of rotatable bonds is 3. The molecule has 0 aliphatic carbocycles. The molecule has 0 spiro atoms. The largest absolute Gasteiger partial charge is 0.464 e. The molecular formula is C22H16N2O2. The minimum atomic E-state index is -0.441. The molecule has 4 aromatic rings. The van der Waals surface area contributed by atoms with Crippen LogP contribution in [0.3, 0.4) is 0 Å². The van der Waals surface area contributed by atoms with Gasteiger partial charge in [0.05, 0.1) is 12.6 Å². The van der Waals surface area contributed by atoms with E-state index in [9.17, 15) is 4.79 Å². The maximum absolute atomic E-state index is 12.0. The predicted molar refractivity (Wildman–Crippen MR) is 102 cm³/mol. The highest BCUT2D eigenvalue weighted by molar-refractivity contribution is 5.99. The highest BCUT2D eigenvalue weighted by atomic mass is 16.5. The van der Waals surface area contributed by atoms with Gasteiger partial charge in [0.25, 0.3) is 0 Å². The van der Waals surface area contributed by atoms with Gasteiger partial charge in [-0.15, -0.1) is 0 Å². The third kappa shape index (κ3) is 2.93. The smallest absolute Gasteiger partial charge is 0.356 e. The van der Waals surface area contributed by atoms with Crippen LogP contribution in [0.25, 0.3) is 33.2 Å². The van der Waals surface area contributed by atoms with Crippen LogP contribution in [0.2, 0.25) is 0 Å². The first kappa shape index (κ1) is 16.0. The molecule has 2 aromatic heterocycles. The Morgan fingerprint density at radius 1 is 0.885 bits per heavy atom. The Morgan fingerprint density at radius 3 is 2.38 bits per heavy atom. The Bertz CT molecular complexity index is 1070. The molecule has 126 valence electrons. The number of aromatic nitrogens is 2. The van der Waals surface area contributed by atoms with E-state index < -0.39 is 5.97 Å². The second-order valence-electron chi connectivity index (χ2n) is 5.88. The van der Waals surface area contributed by atoms with Crippen LogP contribution in [-0.2, 0) is 4.74 Å². The van der Waals surface area contributed by atoms with Gasteiger partial charge in [-0.2, -0.15) is 0 Å². The number of esters is 1. The van der Waals surface area contributed by atoms with Crippen LogP contribution in [-0.4, -0.2) is 23.0 Å². The fraction of sp³-hybridized carbons (Fsp3) is 0.0455. The van der Waals surface area contributed by atoms with E-state index in [0.717, 1.165) is 33.2 Å². The predicted octanol–water partition coefficient (Wildman–Crippen LogP) is 4.75. The summed E-state index contributed by atoms with van der Waals surface area (Å²) in [7, 11) is 1.36. The zero-order chi connectivity index (χ0) is 17.9. The molecular weight excluding hydrogens is 324 g/mol. The van der Waals surface area contributed by atoms with E-state index in [-0.39, 0.29) is 0 Å². The maximum Gasteiger partial charge on any atom is 0.356 e. The van der Waals surface area contributed by atoms with Crippen LogP contribution in [0.15, 0.2) is 79.1 Å². The van der Waals surface area contributed by atoms with E-state index in [2.05, 4.69) is 22.1 Å². The van der Waals surface area contributed by atoms with Crippen molar-refractivity contribution < 1.29 is 9.53 Å². The fourth-order valence-electron chi connectivity index (χ4n) is 3.00. The molecule has 2 aromatic carbocycles. The molecule has 0 saturated heterocycles. The van der Waals surface area contributed by atoms with Gasteiger partial charge in [0.15, 0.2) is 0 Å². The summed E-state index contributed by atoms with van der Waals surface area (Å²) < 4.78 is 4.84. The van der Waals surface area contributed by atoms with Gasteiger partial charge in [0.1, 0.15) is 5.69 Å². The molecule has 0 bridgehead atoms. The van der Waals surface area contributed by atoms with Crippen molar-refractivity contribution in [3.63, 3.8) is 0 Å². The summed E-state index contributed by atoms with van der Waals surface area (Å²) in [6.45, 7) is 0. The van der Waals surface area contributed by atoms with Gasteiger partial charge < -0.3 is 4.74 Å². The average Bonchev–Trinajstić information content (AvgIpc) is 2.73. The number of benzene rings is 2. The number of hydrogen-bond donors (Lipinski definition) is 0. The Hall–Kier alpha value is -3.53. The van der Waals surface area contributed by atoms with E-state index in [4.69, 9.17) is 4.74 Å². The van der Waals surface area contributed by atoms with Crippen LogP contribution in [0, 0.1) is 0 Å². The number of carbonyl (C=O) groups excluding carboxylic acids is 1. The number of fused-ring (bicyclic) bond motifs is 1. The van der Waals surface area contributed by atoms with Crippen LogP contribution < -0.4 is 0 Å². The van der Waals surface area contributed by atoms with Crippen molar-refractivity contribution in [3.8, 4) is 22.3 Å². The first-order chi connectivity index (χ1) is 12.8. The quantitative estimate of drug-likeness (QED) is 0.505. The minimum absolute atomic E-state index is 0.303. The first-order valence-electron chi connectivity index (χ1n) is 8.25. The van der Waals surface area contributed by atoms with Crippen molar-refractivity contribution in [1.82, 2.24) is 9.97 Å². The molecule has 0 fully saturated rings. The highest BCUT2D eigenvalue weighted by Gasteiger charge is 2.13. The Morgan fingerprint density at radius 2 is 1.65 bits per heavy atom. The lowest BCUT2D eigenvalue weighted by Crippen LogP contribution is -2.05. The van der Waals surface area contributed by atoms with Crippen LogP contribution >= 0.6 is 0 Å². The van der Waals surface area contributed by atoms with Crippen molar-refractivity contribution in [3.05, 3.63) is 84.8 Å². The van der Waals surface area contributed by atoms with Gasteiger partial charge in [0.2, 0.25) is 0 Å². The van der Waals surface area contributed by atoms with Crippen LogP contribution in [0.1, 0.15) is 10.5 Å². The summed E-state index contributed by atoms with van der Waals surface area (Å²) in [4.78, 5) is 20.6. The molecule has 4 heteroatoms. The van der Waals surface area contributed by atoms with E-state index in [1.54, 1.807) is 12.3 Å². The molecule has 0 amide bonds. The minimum Gasteiger partial charge on any atom is -0.464 e. The summed E-state index contributed by atoms with van der Waals surface area (Å²) in [6, 6.07) is 21.7. The van der Waals surface area contributed by atoms with E-state index in [0.29, 0.717) is 5.69 Å². The van der Waals surface area contributed by atoms with Crippen LogP contribution in [0.4, 0.5) is 0 Å². The van der Waals surface area contributed by atoms with Gasteiger partial charge in [-0.3, -0.25) is 4.98 Å². The average molecular weight is 340 g/mol. The van der Waals surface area contributed by atoms with Gasteiger partial charge in [0, 0.05) is 17.8 Å². The molecule has 4 rings (SSSR count). The lowest BCUT2D eigenvalue weighted by molar-refractivity contribution is 0.0594. The molecule has 26 heavy (non-hydrogen) atoms. The molecule has 0 N–H and O–H groups in total. The zero-order valence-corrected chi connectivity index (χ0v) is 14.2. The zero-order valence-electron chi connectivity index (χ0n) is 14.2. The third-order valence-electron chi connectivity index (χ3n) is 4.30. The fourth-order valence-corrected chi connectivity index (χ4v) is 3.00. The molecule has 0 unspecified atom stereocenters. The van der Waals surface area contributed by atoms with Crippen molar-refractivity contribution >= 4 is 16.9 Å². The van der Waals surface area contributed by atoms with E-state index >= 15 is 0 Å². The molecule has 0 aliphatic heterocycles. The van der Waals surface area contributed by atoms with E-state index in [1.165, 1.54) is 7.11 Å². The normalized spacial score (nSPS) is 10.7. The third-order valence-corrected chi connectivity index (χ3v) is 4.30.